The smallest absolute Gasteiger partial charge is 0.0368 e. The van der Waals surface area contributed by atoms with Crippen molar-refractivity contribution < 1.29 is 0 Å². The van der Waals surface area contributed by atoms with Crippen LogP contribution in [0.1, 0.15) is 44.9 Å². The van der Waals surface area contributed by atoms with Crippen LogP contribution < -0.4 is 4.90 Å². The van der Waals surface area contributed by atoms with Gasteiger partial charge in [-0.15, -0.1) is 0 Å². The van der Waals surface area contributed by atoms with Crippen molar-refractivity contribution in [3.63, 3.8) is 0 Å². The van der Waals surface area contributed by atoms with E-state index in [1.807, 2.05) is 0 Å². The van der Waals surface area contributed by atoms with E-state index in [2.05, 4.69) is 35.2 Å². The Morgan fingerprint density at radius 3 is 2.35 bits per heavy atom. The average molecular weight is 229 g/mol. The van der Waals surface area contributed by atoms with Crippen molar-refractivity contribution in [2.45, 2.75) is 51.0 Å². The third kappa shape index (κ3) is 2.34. The topological polar surface area (TPSA) is 3.24 Å². The van der Waals surface area contributed by atoms with Gasteiger partial charge in [-0.2, -0.15) is 0 Å². The summed E-state index contributed by atoms with van der Waals surface area (Å²) < 4.78 is 0. The lowest BCUT2D eigenvalue weighted by Crippen LogP contribution is -2.36. The van der Waals surface area contributed by atoms with E-state index in [-0.39, 0.29) is 0 Å². The standard InChI is InChI=1S/C16H23N/c1-3-8-14(9-4-1)16-12-7-13-17(16)15-10-5-2-6-11-15/h2,5-6,10-11,14,16H,1,3-4,7-9,12-13H2. The fourth-order valence-corrected chi connectivity index (χ4v) is 3.74. The van der Waals surface area contributed by atoms with Gasteiger partial charge >= 0.3 is 0 Å². The van der Waals surface area contributed by atoms with E-state index in [0.29, 0.717) is 0 Å². The summed E-state index contributed by atoms with van der Waals surface area (Å²) in [5, 5.41) is 0. The van der Waals surface area contributed by atoms with Gasteiger partial charge in [0.1, 0.15) is 0 Å². The Balaban J connectivity index is 1.75. The summed E-state index contributed by atoms with van der Waals surface area (Å²) in [5.41, 5.74) is 1.44. The van der Waals surface area contributed by atoms with Crippen LogP contribution in [0.15, 0.2) is 30.3 Å². The number of rotatable bonds is 2. The van der Waals surface area contributed by atoms with Crippen molar-refractivity contribution in [3.05, 3.63) is 30.3 Å². The van der Waals surface area contributed by atoms with Gasteiger partial charge in [0.2, 0.25) is 0 Å². The molecule has 1 saturated carbocycles. The lowest BCUT2D eigenvalue weighted by molar-refractivity contribution is 0.304. The SMILES string of the molecule is c1ccc(N2CCCC2C2CCCCC2)cc1. The number of hydrogen-bond acceptors (Lipinski definition) is 1. The maximum Gasteiger partial charge on any atom is 0.0368 e. The molecular weight excluding hydrogens is 206 g/mol. The maximum atomic E-state index is 2.68. The molecule has 1 aliphatic heterocycles. The fraction of sp³-hybridized carbons (Fsp3) is 0.625. The third-order valence-electron chi connectivity index (χ3n) is 4.58. The van der Waals surface area contributed by atoms with Gasteiger partial charge in [-0.3, -0.25) is 0 Å². The zero-order valence-corrected chi connectivity index (χ0v) is 10.6. The van der Waals surface area contributed by atoms with Gasteiger partial charge in [0, 0.05) is 18.3 Å². The second-order valence-corrected chi connectivity index (χ2v) is 5.64. The minimum Gasteiger partial charge on any atom is -0.368 e. The van der Waals surface area contributed by atoms with Crippen LogP contribution in [0.2, 0.25) is 0 Å². The Morgan fingerprint density at radius 1 is 0.824 bits per heavy atom. The van der Waals surface area contributed by atoms with Gasteiger partial charge in [-0.1, -0.05) is 37.5 Å². The van der Waals surface area contributed by atoms with Crippen molar-refractivity contribution in [2.24, 2.45) is 5.92 Å². The summed E-state index contributed by atoms with van der Waals surface area (Å²) in [6.07, 6.45) is 10.1. The van der Waals surface area contributed by atoms with Crippen molar-refractivity contribution in [2.75, 3.05) is 11.4 Å². The molecule has 1 unspecified atom stereocenters. The molecule has 2 fully saturated rings. The van der Waals surface area contributed by atoms with Crippen LogP contribution in [-0.2, 0) is 0 Å². The number of hydrogen-bond donors (Lipinski definition) is 0. The summed E-state index contributed by atoms with van der Waals surface area (Å²) in [4.78, 5) is 2.68. The molecule has 0 bridgehead atoms. The first-order chi connectivity index (χ1) is 8.45. The minimum absolute atomic E-state index is 0.831. The molecular formula is C16H23N. The molecule has 1 nitrogen and oxygen atoms in total. The molecule has 1 aliphatic carbocycles. The molecule has 1 aromatic carbocycles. The molecule has 1 heteroatoms. The van der Waals surface area contributed by atoms with E-state index < -0.39 is 0 Å². The zero-order chi connectivity index (χ0) is 11.5. The first kappa shape index (κ1) is 11.1. The van der Waals surface area contributed by atoms with E-state index in [1.165, 1.54) is 57.2 Å². The first-order valence-corrected chi connectivity index (χ1v) is 7.27. The molecule has 3 rings (SSSR count). The van der Waals surface area contributed by atoms with E-state index in [9.17, 15) is 0 Å². The molecule has 0 spiro atoms. The monoisotopic (exact) mass is 229 g/mol. The number of para-hydroxylation sites is 1. The van der Waals surface area contributed by atoms with E-state index in [1.54, 1.807) is 0 Å². The Morgan fingerprint density at radius 2 is 1.59 bits per heavy atom. The molecule has 2 aliphatic rings. The Bertz CT molecular complexity index is 340. The molecule has 0 aromatic heterocycles. The lowest BCUT2D eigenvalue weighted by atomic mass is 9.83. The Kier molecular flexibility index (Phi) is 3.35. The summed E-state index contributed by atoms with van der Waals surface area (Å²) in [7, 11) is 0. The van der Waals surface area contributed by atoms with E-state index in [4.69, 9.17) is 0 Å². The van der Waals surface area contributed by atoms with Crippen molar-refractivity contribution in [1.82, 2.24) is 0 Å². The van der Waals surface area contributed by atoms with Gasteiger partial charge < -0.3 is 4.90 Å². The Hall–Kier alpha value is -0.980. The van der Waals surface area contributed by atoms with Crippen LogP contribution in [-0.4, -0.2) is 12.6 Å². The highest BCUT2D eigenvalue weighted by Crippen LogP contribution is 2.36. The van der Waals surface area contributed by atoms with Crippen molar-refractivity contribution in [1.29, 1.82) is 0 Å². The van der Waals surface area contributed by atoms with Crippen LogP contribution in [0.25, 0.3) is 0 Å². The molecule has 1 heterocycles. The second kappa shape index (κ2) is 5.12. The first-order valence-electron chi connectivity index (χ1n) is 7.27. The van der Waals surface area contributed by atoms with Crippen LogP contribution in [0.3, 0.4) is 0 Å². The molecule has 92 valence electrons. The largest absolute Gasteiger partial charge is 0.368 e. The van der Waals surface area contributed by atoms with E-state index in [0.717, 1.165) is 12.0 Å². The molecule has 0 amide bonds. The van der Waals surface area contributed by atoms with Gasteiger partial charge in [-0.25, -0.2) is 0 Å². The number of benzene rings is 1. The van der Waals surface area contributed by atoms with Crippen molar-refractivity contribution in [3.8, 4) is 0 Å². The predicted molar refractivity (Wildman–Crippen MR) is 73.4 cm³/mol. The molecule has 1 saturated heterocycles. The predicted octanol–water partition coefficient (Wildman–Crippen LogP) is 4.24. The van der Waals surface area contributed by atoms with Crippen LogP contribution in [0.5, 0.6) is 0 Å². The number of nitrogens with zero attached hydrogens (tertiary/aromatic N) is 1. The highest BCUT2D eigenvalue weighted by Gasteiger charge is 2.32. The second-order valence-electron chi connectivity index (χ2n) is 5.64. The Labute approximate surface area is 105 Å². The molecule has 1 aromatic rings. The minimum atomic E-state index is 0.831. The summed E-state index contributed by atoms with van der Waals surface area (Å²) in [6, 6.07) is 11.9. The van der Waals surface area contributed by atoms with Crippen LogP contribution in [0, 0.1) is 5.92 Å². The van der Waals surface area contributed by atoms with Gasteiger partial charge in [0.05, 0.1) is 0 Å². The molecule has 0 N–H and O–H groups in total. The zero-order valence-electron chi connectivity index (χ0n) is 10.6. The molecule has 17 heavy (non-hydrogen) atoms. The highest BCUT2D eigenvalue weighted by atomic mass is 15.2. The fourth-order valence-electron chi connectivity index (χ4n) is 3.74. The average Bonchev–Trinajstić information content (AvgIpc) is 2.90. The van der Waals surface area contributed by atoms with Crippen LogP contribution >= 0.6 is 0 Å². The summed E-state index contributed by atoms with van der Waals surface area (Å²) >= 11 is 0. The normalized spacial score (nSPS) is 26.4. The van der Waals surface area contributed by atoms with Gasteiger partial charge in [0.25, 0.3) is 0 Å². The van der Waals surface area contributed by atoms with Gasteiger partial charge in [-0.05, 0) is 43.7 Å². The quantitative estimate of drug-likeness (QED) is 0.733. The highest BCUT2D eigenvalue weighted by molar-refractivity contribution is 5.48. The van der Waals surface area contributed by atoms with Gasteiger partial charge in [0.15, 0.2) is 0 Å². The maximum absolute atomic E-state index is 2.68. The molecule has 0 radical (unpaired) electrons. The third-order valence-corrected chi connectivity index (χ3v) is 4.58. The van der Waals surface area contributed by atoms with Crippen LogP contribution in [0.4, 0.5) is 5.69 Å². The lowest BCUT2D eigenvalue weighted by Gasteiger charge is -2.35. The molecule has 1 atom stereocenters. The number of anilines is 1. The summed E-state index contributed by atoms with van der Waals surface area (Å²) in [5.74, 6) is 0.964. The van der Waals surface area contributed by atoms with E-state index >= 15 is 0 Å². The summed E-state index contributed by atoms with van der Waals surface area (Å²) in [6.45, 7) is 1.27. The van der Waals surface area contributed by atoms with Crippen molar-refractivity contribution >= 4 is 5.69 Å².